The van der Waals surface area contributed by atoms with Gasteiger partial charge in [-0.15, -0.1) is 0 Å². The summed E-state index contributed by atoms with van der Waals surface area (Å²) in [6.07, 6.45) is 0.963. The van der Waals surface area contributed by atoms with Crippen molar-refractivity contribution in [3.63, 3.8) is 0 Å². The fraction of sp³-hybridized carbons (Fsp3) is 0.417. The fourth-order valence-corrected chi connectivity index (χ4v) is 2.07. The van der Waals surface area contributed by atoms with E-state index in [1.165, 1.54) is 16.7 Å². The van der Waals surface area contributed by atoms with Gasteiger partial charge in [-0.25, -0.2) is 0 Å². The number of aryl methyl sites for hydroxylation is 1. The fourth-order valence-electron chi connectivity index (χ4n) is 2.07. The summed E-state index contributed by atoms with van der Waals surface area (Å²) >= 11 is 0. The van der Waals surface area contributed by atoms with Crippen LogP contribution in [0.25, 0.3) is 0 Å². The summed E-state index contributed by atoms with van der Waals surface area (Å²) in [5, 5.41) is 8.72. The summed E-state index contributed by atoms with van der Waals surface area (Å²) in [5.41, 5.74) is 3.92. The van der Waals surface area contributed by atoms with Crippen molar-refractivity contribution in [3.8, 4) is 0 Å². The summed E-state index contributed by atoms with van der Waals surface area (Å²) in [5.74, 6) is -0.745. The Bertz CT molecular complexity index is 387. The SMILES string of the molecule is Cc1ccc2c(c1)CCN(CC(=O)O)C2. The maximum atomic E-state index is 10.6. The molecule has 1 aromatic rings. The Kier molecular flexibility index (Phi) is 2.73. The van der Waals surface area contributed by atoms with Gasteiger partial charge < -0.3 is 5.11 Å². The van der Waals surface area contributed by atoms with Gasteiger partial charge in [0.05, 0.1) is 6.54 Å². The molecule has 2 rings (SSSR count). The van der Waals surface area contributed by atoms with Crippen molar-refractivity contribution in [2.24, 2.45) is 0 Å². The highest BCUT2D eigenvalue weighted by atomic mass is 16.4. The van der Waals surface area contributed by atoms with E-state index in [1.54, 1.807) is 0 Å². The van der Waals surface area contributed by atoms with Crippen LogP contribution in [0.15, 0.2) is 18.2 Å². The van der Waals surface area contributed by atoms with Crippen molar-refractivity contribution < 1.29 is 9.90 Å². The van der Waals surface area contributed by atoms with Crippen LogP contribution in [0.4, 0.5) is 0 Å². The summed E-state index contributed by atoms with van der Waals surface area (Å²) in [6.45, 7) is 3.85. The first kappa shape index (κ1) is 10.2. The van der Waals surface area contributed by atoms with Crippen LogP contribution in [0.2, 0.25) is 0 Å². The molecular weight excluding hydrogens is 190 g/mol. The van der Waals surface area contributed by atoms with E-state index >= 15 is 0 Å². The number of benzene rings is 1. The van der Waals surface area contributed by atoms with Crippen LogP contribution in [-0.2, 0) is 17.8 Å². The molecule has 0 amide bonds. The van der Waals surface area contributed by atoms with Gasteiger partial charge in [0.2, 0.25) is 0 Å². The molecule has 0 saturated carbocycles. The lowest BCUT2D eigenvalue weighted by molar-refractivity contribution is -0.138. The number of hydrogen-bond acceptors (Lipinski definition) is 2. The zero-order valence-corrected chi connectivity index (χ0v) is 8.86. The van der Waals surface area contributed by atoms with Crippen LogP contribution in [0.3, 0.4) is 0 Å². The number of carboxylic acid groups (broad SMARTS) is 1. The van der Waals surface area contributed by atoms with E-state index in [2.05, 4.69) is 25.1 Å². The number of carboxylic acids is 1. The first-order valence-corrected chi connectivity index (χ1v) is 5.18. The van der Waals surface area contributed by atoms with Gasteiger partial charge in [0.25, 0.3) is 0 Å². The molecule has 1 aromatic carbocycles. The van der Waals surface area contributed by atoms with Gasteiger partial charge in [0, 0.05) is 13.1 Å². The van der Waals surface area contributed by atoms with Crippen LogP contribution >= 0.6 is 0 Å². The van der Waals surface area contributed by atoms with Crippen molar-refractivity contribution in [2.75, 3.05) is 13.1 Å². The molecule has 1 aliphatic heterocycles. The molecule has 1 heterocycles. The van der Waals surface area contributed by atoms with Gasteiger partial charge >= 0.3 is 5.97 Å². The molecule has 0 fully saturated rings. The van der Waals surface area contributed by atoms with Gasteiger partial charge in [0.15, 0.2) is 0 Å². The van der Waals surface area contributed by atoms with E-state index in [-0.39, 0.29) is 6.54 Å². The highest BCUT2D eigenvalue weighted by Crippen LogP contribution is 2.19. The predicted molar refractivity (Wildman–Crippen MR) is 57.8 cm³/mol. The van der Waals surface area contributed by atoms with E-state index in [4.69, 9.17) is 5.11 Å². The third kappa shape index (κ3) is 2.36. The molecule has 0 unspecified atom stereocenters. The average molecular weight is 205 g/mol. The molecular formula is C12H15NO2. The number of hydrogen-bond donors (Lipinski definition) is 1. The predicted octanol–water partition coefficient (Wildman–Crippen LogP) is 1.44. The summed E-state index contributed by atoms with van der Waals surface area (Å²) in [4.78, 5) is 12.6. The smallest absolute Gasteiger partial charge is 0.317 e. The Morgan fingerprint density at radius 2 is 2.27 bits per heavy atom. The van der Waals surface area contributed by atoms with Gasteiger partial charge in [0.1, 0.15) is 0 Å². The van der Waals surface area contributed by atoms with E-state index in [1.807, 2.05) is 4.90 Å². The third-order valence-corrected chi connectivity index (χ3v) is 2.81. The molecule has 0 aromatic heterocycles. The van der Waals surface area contributed by atoms with Gasteiger partial charge in [-0.1, -0.05) is 23.8 Å². The zero-order valence-electron chi connectivity index (χ0n) is 8.86. The highest BCUT2D eigenvalue weighted by molar-refractivity contribution is 5.69. The van der Waals surface area contributed by atoms with E-state index < -0.39 is 5.97 Å². The van der Waals surface area contributed by atoms with Crippen LogP contribution in [0.5, 0.6) is 0 Å². The van der Waals surface area contributed by atoms with Crippen molar-refractivity contribution in [2.45, 2.75) is 19.9 Å². The molecule has 3 heteroatoms. The Balaban J connectivity index is 2.13. The van der Waals surface area contributed by atoms with Crippen LogP contribution in [0.1, 0.15) is 16.7 Å². The van der Waals surface area contributed by atoms with Crippen LogP contribution < -0.4 is 0 Å². The highest BCUT2D eigenvalue weighted by Gasteiger charge is 2.17. The largest absolute Gasteiger partial charge is 0.480 e. The summed E-state index contributed by atoms with van der Waals surface area (Å²) in [6, 6.07) is 6.40. The Morgan fingerprint density at radius 3 is 3.00 bits per heavy atom. The van der Waals surface area contributed by atoms with E-state index in [0.717, 1.165) is 19.5 Å². The molecule has 0 atom stereocenters. The second-order valence-electron chi connectivity index (χ2n) is 4.13. The first-order valence-electron chi connectivity index (χ1n) is 5.18. The van der Waals surface area contributed by atoms with Crippen LogP contribution in [0, 0.1) is 6.92 Å². The van der Waals surface area contributed by atoms with Crippen molar-refractivity contribution >= 4 is 5.97 Å². The minimum absolute atomic E-state index is 0.146. The minimum Gasteiger partial charge on any atom is -0.480 e. The topological polar surface area (TPSA) is 40.5 Å². The molecule has 80 valence electrons. The van der Waals surface area contributed by atoms with Crippen LogP contribution in [-0.4, -0.2) is 29.1 Å². The van der Waals surface area contributed by atoms with Crippen molar-refractivity contribution in [3.05, 3.63) is 34.9 Å². The molecule has 3 nitrogen and oxygen atoms in total. The van der Waals surface area contributed by atoms with Gasteiger partial charge in [-0.3, -0.25) is 9.69 Å². The molecule has 0 spiro atoms. The van der Waals surface area contributed by atoms with E-state index in [9.17, 15) is 4.79 Å². The van der Waals surface area contributed by atoms with E-state index in [0.29, 0.717) is 0 Å². The number of aliphatic carboxylic acids is 1. The molecule has 0 bridgehead atoms. The lowest BCUT2D eigenvalue weighted by Crippen LogP contribution is -2.34. The number of rotatable bonds is 2. The third-order valence-electron chi connectivity index (χ3n) is 2.81. The van der Waals surface area contributed by atoms with Crippen molar-refractivity contribution in [1.82, 2.24) is 4.90 Å². The van der Waals surface area contributed by atoms with Gasteiger partial charge in [-0.05, 0) is 24.5 Å². The standard InChI is InChI=1S/C12H15NO2/c1-9-2-3-11-7-13(8-12(14)15)5-4-10(11)6-9/h2-3,6H,4-5,7-8H2,1H3,(H,14,15). The molecule has 1 aliphatic rings. The molecule has 0 radical (unpaired) electrons. The Labute approximate surface area is 89.3 Å². The minimum atomic E-state index is -0.745. The monoisotopic (exact) mass is 205 g/mol. The number of fused-ring (bicyclic) bond motifs is 1. The Morgan fingerprint density at radius 1 is 1.47 bits per heavy atom. The average Bonchev–Trinajstić information content (AvgIpc) is 2.17. The second kappa shape index (κ2) is 4.03. The second-order valence-corrected chi connectivity index (χ2v) is 4.13. The lowest BCUT2D eigenvalue weighted by atomic mass is 9.98. The normalized spacial score (nSPS) is 16.1. The van der Waals surface area contributed by atoms with Crippen molar-refractivity contribution in [1.29, 1.82) is 0 Å². The lowest BCUT2D eigenvalue weighted by Gasteiger charge is -2.27. The summed E-state index contributed by atoms with van der Waals surface area (Å²) in [7, 11) is 0. The molecule has 1 N–H and O–H groups in total. The number of carbonyl (C=O) groups is 1. The maximum absolute atomic E-state index is 10.6. The summed E-state index contributed by atoms with van der Waals surface area (Å²) < 4.78 is 0. The first-order chi connectivity index (χ1) is 7.15. The van der Waals surface area contributed by atoms with Gasteiger partial charge in [-0.2, -0.15) is 0 Å². The molecule has 15 heavy (non-hydrogen) atoms. The Hall–Kier alpha value is -1.35. The quantitative estimate of drug-likeness (QED) is 0.794. The number of nitrogens with zero attached hydrogens (tertiary/aromatic N) is 1. The molecule has 0 aliphatic carbocycles. The zero-order chi connectivity index (χ0) is 10.8. The maximum Gasteiger partial charge on any atom is 0.317 e. The molecule has 0 saturated heterocycles.